The Kier molecular flexibility index (Phi) is 3.57. The van der Waals surface area contributed by atoms with E-state index in [4.69, 9.17) is 4.74 Å². The highest BCUT2D eigenvalue weighted by molar-refractivity contribution is 8.00. The fraction of sp³-hybridized carbons (Fsp3) is 0.444. The molecule has 1 N–H and O–H groups in total. The highest BCUT2D eigenvalue weighted by Crippen LogP contribution is 2.24. The summed E-state index contributed by atoms with van der Waals surface area (Å²) in [4.78, 5) is 23.0. The van der Waals surface area contributed by atoms with E-state index in [9.17, 15) is 4.79 Å². The minimum absolute atomic E-state index is 0.117. The molecule has 0 fully saturated rings. The normalized spacial score (nSPS) is 11.1. The van der Waals surface area contributed by atoms with Crippen LogP contribution < -0.4 is 5.56 Å². The molecule has 0 aliphatic carbocycles. The number of hydrogen-bond donors (Lipinski definition) is 1. The lowest BCUT2D eigenvalue weighted by Gasteiger charge is -1.98. The molecule has 2 aromatic rings. The molecule has 5 nitrogen and oxygen atoms in total. The third kappa shape index (κ3) is 2.26. The van der Waals surface area contributed by atoms with Crippen LogP contribution in [0.5, 0.6) is 0 Å². The summed E-state index contributed by atoms with van der Waals surface area (Å²) in [7, 11) is 1.62. The summed E-state index contributed by atoms with van der Waals surface area (Å²) in [6.45, 7) is 0.536. The van der Waals surface area contributed by atoms with Gasteiger partial charge in [0, 0.05) is 13.5 Å². The van der Waals surface area contributed by atoms with Crippen molar-refractivity contribution in [3.63, 3.8) is 0 Å². The first-order chi connectivity index (χ1) is 7.74. The Morgan fingerprint density at radius 1 is 1.50 bits per heavy atom. The number of aromatic nitrogens is 3. The van der Waals surface area contributed by atoms with Crippen molar-refractivity contribution in [1.29, 1.82) is 0 Å². The zero-order valence-corrected chi connectivity index (χ0v) is 10.6. The number of thiazole rings is 1. The molecule has 0 atom stereocenters. The molecule has 86 valence electrons. The van der Waals surface area contributed by atoms with Gasteiger partial charge in [-0.3, -0.25) is 4.79 Å². The van der Waals surface area contributed by atoms with Gasteiger partial charge in [0.2, 0.25) is 0 Å². The summed E-state index contributed by atoms with van der Waals surface area (Å²) in [6.07, 6.45) is 2.52. The summed E-state index contributed by atoms with van der Waals surface area (Å²) in [5.41, 5.74) is 0.415. The molecular formula is C9H11N3O2S2. The zero-order chi connectivity index (χ0) is 11.5. The van der Waals surface area contributed by atoms with Crippen molar-refractivity contribution in [2.45, 2.75) is 10.8 Å². The highest BCUT2D eigenvalue weighted by atomic mass is 32.2. The average Bonchev–Trinajstić information content (AvgIpc) is 2.70. The minimum atomic E-state index is -0.117. The first-order valence-electron chi connectivity index (χ1n) is 4.67. The minimum Gasteiger partial charge on any atom is -0.384 e. The van der Waals surface area contributed by atoms with Gasteiger partial charge in [-0.1, -0.05) is 11.8 Å². The van der Waals surface area contributed by atoms with Crippen LogP contribution in [0.4, 0.5) is 0 Å². The molecule has 0 amide bonds. The van der Waals surface area contributed by atoms with Crippen molar-refractivity contribution in [2.24, 2.45) is 0 Å². The van der Waals surface area contributed by atoms with Crippen LogP contribution in [0.3, 0.4) is 0 Å². The van der Waals surface area contributed by atoms with Crippen LogP contribution in [0, 0.1) is 0 Å². The molecule has 0 aromatic carbocycles. The van der Waals surface area contributed by atoms with Crippen molar-refractivity contribution in [3.05, 3.63) is 16.2 Å². The van der Waals surface area contributed by atoms with E-state index in [0.29, 0.717) is 29.2 Å². The molecule has 2 aromatic heterocycles. The Labute approximate surface area is 100 Å². The first-order valence-corrected chi connectivity index (χ1v) is 6.71. The second-order valence-corrected chi connectivity index (χ2v) is 5.14. The van der Waals surface area contributed by atoms with Gasteiger partial charge in [0.25, 0.3) is 5.56 Å². The maximum absolute atomic E-state index is 11.7. The quantitative estimate of drug-likeness (QED) is 0.836. The summed E-state index contributed by atoms with van der Waals surface area (Å²) in [5.74, 6) is 0.623. The molecule has 0 aliphatic rings. The van der Waals surface area contributed by atoms with Crippen LogP contribution in [0.1, 0.15) is 5.82 Å². The summed E-state index contributed by atoms with van der Waals surface area (Å²) in [6, 6.07) is 0. The van der Waals surface area contributed by atoms with E-state index in [1.807, 2.05) is 6.26 Å². The van der Waals surface area contributed by atoms with Crippen molar-refractivity contribution in [1.82, 2.24) is 15.0 Å². The number of rotatable bonds is 4. The van der Waals surface area contributed by atoms with Gasteiger partial charge in [-0.15, -0.1) is 11.3 Å². The van der Waals surface area contributed by atoms with E-state index < -0.39 is 0 Å². The van der Waals surface area contributed by atoms with Crippen molar-refractivity contribution in [3.8, 4) is 0 Å². The Bertz CT molecular complexity index is 549. The van der Waals surface area contributed by atoms with Gasteiger partial charge in [-0.2, -0.15) is 0 Å². The van der Waals surface area contributed by atoms with Crippen molar-refractivity contribution in [2.75, 3.05) is 20.0 Å². The van der Waals surface area contributed by atoms with Gasteiger partial charge in [0.15, 0.2) is 9.99 Å². The lowest BCUT2D eigenvalue weighted by Crippen LogP contribution is -2.12. The van der Waals surface area contributed by atoms with E-state index in [0.717, 1.165) is 4.34 Å². The monoisotopic (exact) mass is 257 g/mol. The third-order valence-corrected chi connectivity index (χ3v) is 4.04. The fourth-order valence-electron chi connectivity index (χ4n) is 1.26. The molecule has 0 bridgehead atoms. The smallest absolute Gasteiger partial charge is 0.270 e. The number of hydrogen-bond acceptors (Lipinski definition) is 6. The predicted octanol–water partition coefficient (Wildman–Crippen LogP) is 1.29. The van der Waals surface area contributed by atoms with E-state index in [-0.39, 0.29) is 5.56 Å². The van der Waals surface area contributed by atoms with E-state index >= 15 is 0 Å². The topological polar surface area (TPSA) is 67.9 Å². The number of nitrogens with zero attached hydrogens (tertiary/aromatic N) is 2. The molecule has 2 heterocycles. The van der Waals surface area contributed by atoms with Crippen molar-refractivity contribution >= 4 is 33.4 Å². The molecule has 0 saturated heterocycles. The molecule has 2 rings (SSSR count). The number of methoxy groups -OCH3 is 1. The van der Waals surface area contributed by atoms with Crippen molar-refractivity contribution < 1.29 is 4.74 Å². The summed E-state index contributed by atoms with van der Waals surface area (Å²) < 4.78 is 6.39. The van der Waals surface area contributed by atoms with E-state index in [2.05, 4.69) is 15.0 Å². The van der Waals surface area contributed by atoms with Crippen LogP contribution in [0.15, 0.2) is 9.13 Å². The summed E-state index contributed by atoms with van der Waals surface area (Å²) in [5, 5.41) is 0. The Morgan fingerprint density at radius 3 is 3.00 bits per heavy atom. The van der Waals surface area contributed by atoms with Gasteiger partial charge in [0.05, 0.1) is 6.61 Å². The zero-order valence-electron chi connectivity index (χ0n) is 8.94. The van der Waals surface area contributed by atoms with Gasteiger partial charge in [-0.25, -0.2) is 9.97 Å². The largest absolute Gasteiger partial charge is 0.384 e. The van der Waals surface area contributed by atoms with Gasteiger partial charge < -0.3 is 9.72 Å². The molecule has 16 heavy (non-hydrogen) atoms. The standard InChI is InChI=1S/C9H11N3O2S2/c1-14-4-3-5-10-7-6(8(13)11-5)16-9(12-7)15-2/h3-4H2,1-2H3,(H,10,11,13). The maximum atomic E-state index is 11.7. The molecule has 0 unspecified atom stereocenters. The van der Waals surface area contributed by atoms with Crippen LogP contribution in [-0.4, -0.2) is 34.9 Å². The second-order valence-electron chi connectivity index (χ2n) is 3.09. The first kappa shape index (κ1) is 11.6. The fourth-order valence-corrected chi connectivity index (χ4v) is 2.66. The number of nitrogens with one attached hydrogen (secondary N) is 1. The maximum Gasteiger partial charge on any atom is 0.270 e. The SMILES string of the molecule is COCCc1nc2nc(SC)sc2c(=O)[nH]1. The number of aromatic amines is 1. The molecule has 0 aliphatic heterocycles. The number of fused-ring (bicyclic) bond motifs is 1. The molecule has 7 heteroatoms. The van der Waals surface area contributed by atoms with E-state index in [1.165, 1.54) is 23.1 Å². The van der Waals surface area contributed by atoms with Gasteiger partial charge in [-0.05, 0) is 6.26 Å². The molecule has 0 radical (unpaired) electrons. The molecular weight excluding hydrogens is 246 g/mol. The highest BCUT2D eigenvalue weighted by Gasteiger charge is 2.09. The van der Waals surface area contributed by atoms with Crippen LogP contribution in [-0.2, 0) is 11.2 Å². The Balaban J connectivity index is 2.45. The third-order valence-electron chi connectivity index (χ3n) is 2.01. The van der Waals surface area contributed by atoms with Gasteiger partial charge in [0.1, 0.15) is 10.5 Å². The lowest BCUT2D eigenvalue weighted by molar-refractivity contribution is 0.200. The number of ether oxygens (including phenoxy) is 1. The molecule has 0 spiro atoms. The van der Waals surface area contributed by atoms with Crippen LogP contribution in [0.25, 0.3) is 10.3 Å². The second kappa shape index (κ2) is 4.94. The van der Waals surface area contributed by atoms with Gasteiger partial charge >= 0.3 is 0 Å². The Morgan fingerprint density at radius 2 is 2.31 bits per heavy atom. The van der Waals surface area contributed by atoms with Crippen LogP contribution in [0.2, 0.25) is 0 Å². The number of thioether (sulfide) groups is 1. The van der Waals surface area contributed by atoms with Crippen LogP contribution >= 0.6 is 23.1 Å². The predicted molar refractivity (Wildman–Crippen MR) is 65.4 cm³/mol. The molecule has 0 saturated carbocycles. The number of H-pyrrole nitrogens is 1. The summed E-state index contributed by atoms with van der Waals surface area (Å²) >= 11 is 2.89. The van der Waals surface area contributed by atoms with E-state index in [1.54, 1.807) is 7.11 Å². The Hall–Kier alpha value is -0.920. The lowest BCUT2D eigenvalue weighted by atomic mass is 10.4. The average molecular weight is 257 g/mol.